The van der Waals surface area contributed by atoms with Gasteiger partial charge in [0.25, 0.3) is 0 Å². The Morgan fingerprint density at radius 3 is 2.82 bits per heavy atom. The fraction of sp³-hybridized carbons (Fsp3) is 0.476. The first-order chi connectivity index (χ1) is 13.3. The van der Waals surface area contributed by atoms with Gasteiger partial charge in [0, 0.05) is 23.5 Å². The average Bonchev–Trinajstić information content (AvgIpc) is 3.37. The lowest BCUT2D eigenvalue weighted by atomic mass is 9.85. The molecule has 0 unspecified atom stereocenters. The third kappa shape index (κ3) is 3.07. The Kier molecular flexibility index (Phi) is 5.23. The van der Waals surface area contributed by atoms with E-state index in [9.17, 15) is 15.0 Å². The molecule has 3 aliphatic rings. The molecule has 3 heterocycles. The number of aliphatic hydroxyl groups is 1. The fourth-order valence-corrected chi connectivity index (χ4v) is 5.80. The van der Waals surface area contributed by atoms with Gasteiger partial charge in [0.05, 0.1) is 15.6 Å². The van der Waals surface area contributed by atoms with E-state index in [4.69, 9.17) is 9.47 Å². The number of benzene rings is 1. The van der Waals surface area contributed by atoms with Gasteiger partial charge in [-0.1, -0.05) is 18.2 Å². The predicted molar refractivity (Wildman–Crippen MR) is 112 cm³/mol. The van der Waals surface area contributed by atoms with Crippen LogP contribution in [0.25, 0.3) is 0 Å². The van der Waals surface area contributed by atoms with E-state index >= 15 is 0 Å². The van der Waals surface area contributed by atoms with E-state index in [1.807, 2.05) is 13.0 Å². The van der Waals surface area contributed by atoms with Crippen LogP contribution in [-0.2, 0) is 16.0 Å². The lowest BCUT2D eigenvalue weighted by Crippen LogP contribution is -2.31. The smallest absolute Gasteiger partial charge is 0.346 e. The first-order valence-electron chi connectivity index (χ1n) is 9.37. The number of esters is 1. The largest absolute Gasteiger partial charge is 0.506 e. The number of aliphatic hydroxyl groups excluding tert-OH is 1. The number of aromatic hydroxyl groups is 1. The van der Waals surface area contributed by atoms with Gasteiger partial charge in [-0.3, -0.25) is 0 Å². The van der Waals surface area contributed by atoms with Crippen LogP contribution in [0.15, 0.2) is 32.7 Å². The Labute approximate surface area is 180 Å². The normalized spacial score (nSPS) is 30.9. The molecule has 2 N–H and O–H groups in total. The van der Waals surface area contributed by atoms with Gasteiger partial charge in [-0.2, -0.15) is 0 Å². The van der Waals surface area contributed by atoms with Gasteiger partial charge in [-0.25, -0.2) is 4.79 Å². The Hall–Kier alpha value is -1.15. The predicted octanol–water partition coefficient (Wildman–Crippen LogP) is 4.67. The third-order valence-electron chi connectivity index (χ3n) is 6.03. The lowest BCUT2D eigenvalue weighted by molar-refractivity contribution is -0.140. The molecule has 0 aromatic heterocycles. The summed E-state index contributed by atoms with van der Waals surface area (Å²) in [6.45, 7) is 6.05. The van der Waals surface area contributed by atoms with E-state index in [0.717, 1.165) is 22.3 Å². The molecule has 4 rings (SSSR count). The number of carbonyl (C=O) groups is 1. The van der Waals surface area contributed by atoms with Crippen molar-refractivity contribution < 1.29 is 24.5 Å². The summed E-state index contributed by atoms with van der Waals surface area (Å²) in [6, 6.07) is 0. The maximum Gasteiger partial charge on any atom is 0.346 e. The van der Waals surface area contributed by atoms with Crippen molar-refractivity contribution in [2.45, 2.75) is 56.7 Å². The molecule has 28 heavy (non-hydrogen) atoms. The summed E-state index contributed by atoms with van der Waals surface area (Å²) >= 11 is 6.99. The minimum atomic E-state index is -0.952. The fourth-order valence-electron chi connectivity index (χ4n) is 4.33. The summed E-state index contributed by atoms with van der Waals surface area (Å²) in [5.41, 5.74) is 2.36. The quantitative estimate of drug-likeness (QED) is 0.260. The molecule has 0 aliphatic carbocycles. The Balaban J connectivity index is 1.95. The Morgan fingerprint density at radius 2 is 2.14 bits per heavy atom. The molecule has 3 atom stereocenters. The molecule has 1 aromatic rings. The Morgan fingerprint density at radius 1 is 1.39 bits per heavy atom. The number of ether oxygens (including phenoxy) is 2. The van der Waals surface area contributed by atoms with Gasteiger partial charge in [-0.15, -0.1) is 0 Å². The second-order valence-corrected chi connectivity index (χ2v) is 9.37. The Bertz CT molecular complexity index is 907. The topological polar surface area (TPSA) is 79.3 Å². The number of carbonyl (C=O) groups excluding carboxylic acids is 1. The van der Waals surface area contributed by atoms with E-state index in [-0.39, 0.29) is 30.3 Å². The SMILES string of the molecule is C=C(C)[C@@H]1CC/C(CO)=C/CC[C@]23O[C@H]2Cc2c(Br)c(O)c(Br)c1c2OC3=O. The minimum absolute atomic E-state index is 0.0183. The molecule has 150 valence electrons. The molecule has 3 aliphatic heterocycles. The van der Waals surface area contributed by atoms with Gasteiger partial charge in [-0.05, 0) is 70.0 Å². The summed E-state index contributed by atoms with van der Waals surface area (Å²) in [7, 11) is 0. The number of epoxide rings is 1. The zero-order valence-corrected chi connectivity index (χ0v) is 18.7. The van der Waals surface area contributed by atoms with Crippen LogP contribution < -0.4 is 4.74 Å². The van der Waals surface area contributed by atoms with Crippen molar-refractivity contribution in [1.29, 1.82) is 0 Å². The van der Waals surface area contributed by atoms with Crippen LogP contribution in [0.2, 0.25) is 0 Å². The van der Waals surface area contributed by atoms with Crippen molar-refractivity contribution in [1.82, 2.24) is 0 Å². The monoisotopic (exact) mass is 512 g/mol. The van der Waals surface area contributed by atoms with Gasteiger partial charge >= 0.3 is 5.97 Å². The summed E-state index contributed by atoms with van der Waals surface area (Å²) in [4.78, 5) is 13.0. The zero-order valence-electron chi connectivity index (χ0n) is 15.6. The first-order valence-corrected chi connectivity index (χ1v) is 11.0. The summed E-state index contributed by atoms with van der Waals surface area (Å²) in [6.07, 6.45) is 4.74. The summed E-state index contributed by atoms with van der Waals surface area (Å²) in [5, 5.41) is 20.5. The molecular weight excluding hydrogens is 492 g/mol. The van der Waals surface area contributed by atoms with Gasteiger partial charge < -0.3 is 19.7 Å². The van der Waals surface area contributed by atoms with E-state index in [1.54, 1.807) is 0 Å². The summed E-state index contributed by atoms with van der Waals surface area (Å²) < 4.78 is 12.8. The highest BCUT2D eigenvalue weighted by Gasteiger charge is 2.65. The third-order valence-corrected chi connectivity index (χ3v) is 7.69. The van der Waals surface area contributed by atoms with Crippen molar-refractivity contribution >= 4 is 37.8 Å². The zero-order chi connectivity index (χ0) is 20.2. The average molecular weight is 514 g/mol. The van der Waals surface area contributed by atoms with E-state index in [0.29, 0.717) is 46.8 Å². The molecule has 1 spiro atoms. The molecule has 0 saturated carbocycles. The van der Waals surface area contributed by atoms with Crippen molar-refractivity contribution in [2.75, 3.05) is 6.61 Å². The molecule has 1 saturated heterocycles. The van der Waals surface area contributed by atoms with Crippen LogP contribution in [0.1, 0.15) is 49.7 Å². The molecule has 0 amide bonds. The second-order valence-electron chi connectivity index (χ2n) is 7.78. The number of hydrogen-bond acceptors (Lipinski definition) is 5. The highest BCUT2D eigenvalue weighted by Crippen LogP contribution is 2.55. The van der Waals surface area contributed by atoms with Crippen molar-refractivity contribution in [2.24, 2.45) is 0 Å². The van der Waals surface area contributed by atoms with Crippen LogP contribution in [0.4, 0.5) is 0 Å². The van der Waals surface area contributed by atoms with Gasteiger partial charge in [0.15, 0.2) is 5.60 Å². The molecule has 1 fully saturated rings. The van der Waals surface area contributed by atoms with E-state index in [2.05, 4.69) is 38.4 Å². The van der Waals surface area contributed by atoms with Crippen LogP contribution in [0.3, 0.4) is 0 Å². The molecule has 7 heteroatoms. The van der Waals surface area contributed by atoms with Crippen LogP contribution in [-0.4, -0.2) is 34.5 Å². The number of halogens is 2. The number of allylic oxidation sites excluding steroid dienone is 2. The number of phenolic OH excluding ortho intramolecular Hbond substituents is 1. The van der Waals surface area contributed by atoms with E-state index in [1.165, 1.54) is 0 Å². The van der Waals surface area contributed by atoms with Crippen LogP contribution in [0, 0.1) is 0 Å². The van der Waals surface area contributed by atoms with Crippen LogP contribution in [0.5, 0.6) is 11.5 Å². The minimum Gasteiger partial charge on any atom is -0.506 e. The molecular formula is C21H22Br2O5. The van der Waals surface area contributed by atoms with Crippen molar-refractivity contribution in [3.8, 4) is 11.5 Å². The molecule has 2 bridgehead atoms. The number of hydrogen-bond donors (Lipinski definition) is 2. The van der Waals surface area contributed by atoms with Crippen molar-refractivity contribution in [3.05, 3.63) is 43.9 Å². The van der Waals surface area contributed by atoms with Crippen molar-refractivity contribution in [3.63, 3.8) is 0 Å². The molecule has 1 aromatic carbocycles. The molecule has 5 nitrogen and oxygen atoms in total. The number of fused-ring (bicyclic) bond motifs is 1. The maximum atomic E-state index is 13.0. The second kappa shape index (κ2) is 7.27. The summed E-state index contributed by atoms with van der Waals surface area (Å²) in [5.74, 6) is 0.0365. The maximum absolute atomic E-state index is 13.0. The highest BCUT2D eigenvalue weighted by molar-refractivity contribution is 9.11. The van der Waals surface area contributed by atoms with Crippen LogP contribution >= 0.6 is 31.9 Å². The van der Waals surface area contributed by atoms with Gasteiger partial charge in [0.2, 0.25) is 0 Å². The number of phenols is 1. The lowest BCUT2D eigenvalue weighted by Gasteiger charge is -2.26. The molecule has 0 radical (unpaired) electrons. The van der Waals surface area contributed by atoms with Gasteiger partial charge in [0.1, 0.15) is 17.6 Å². The number of rotatable bonds is 2. The van der Waals surface area contributed by atoms with E-state index < -0.39 is 5.60 Å². The highest BCUT2D eigenvalue weighted by atomic mass is 79.9. The standard InChI is InChI=1S/C21H22Br2O5/c1-10(2)12-6-5-11(9-24)4-3-7-21-14(28-21)8-13-16(22)18(25)17(23)15(12)19(13)27-20(21)26/h4,12,14,24-25H,1,3,5-9H2,2H3/b11-4-/t12-,14-,21-/m0/s1. The first kappa shape index (κ1) is 20.1.